The van der Waals surface area contributed by atoms with Crippen molar-refractivity contribution in [3.63, 3.8) is 0 Å². The van der Waals surface area contributed by atoms with Crippen LogP contribution in [0.4, 0.5) is 5.00 Å². The van der Waals surface area contributed by atoms with Gasteiger partial charge in [-0.1, -0.05) is 24.2 Å². The quantitative estimate of drug-likeness (QED) is 0.332. The Morgan fingerprint density at radius 2 is 2.10 bits per heavy atom. The zero-order valence-corrected chi connectivity index (χ0v) is 19.2. The minimum atomic E-state index is -0.383. The highest BCUT2D eigenvalue weighted by Crippen LogP contribution is 2.38. The number of carbonyl (C=O) groups excluding carboxylic acids is 2. The second-order valence-electron chi connectivity index (χ2n) is 6.94. The molecule has 30 heavy (non-hydrogen) atoms. The number of carbonyl (C=O) groups is 2. The number of anilines is 1. The van der Waals surface area contributed by atoms with Crippen LogP contribution in [0.5, 0.6) is 0 Å². The summed E-state index contributed by atoms with van der Waals surface area (Å²) in [6.07, 6.45) is 5.11. The fraction of sp³-hybridized carbons (Fsp3) is 0.400. The van der Waals surface area contributed by atoms with E-state index in [0.29, 0.717) is 15.7 Å². The van der Waals surface area contributed by atoms with Crippen LogP contribution >= 0.6 is 34.4 Å². The number of hydrogen-bond donors (Lipinski definition) is 1. The van der Waals surface area contributed by atoms with E-state index in [-0.39, 0.29) is 17.6 Å². The van der Waals surface area contributed by atoms with Gasteiger partial charge in [0.25, 0.3) is 0 Å². The molecule has 0 spiro atoms. The smallest absolute Gasteiger partial charge is 0.341 e. The van der Waals surface area contributed by atoms with E-state index in [1.165, 1.54) is 35.1 Å². The van der Waals surface area contributed by atoms with Crippen LogP contribution in [-0.2, 0) is 29.4 Å². The Hall–Kier alpha value is -2.17. The van der Waals surface area contributed by atoms with Gasteiger partial charge in [0, 0.05) is 11.9 Å². The van der Waals surface area contributed by atoms with Gasteiger partial charge >= 0.3 is 5.97 Å². The topological polar surface area (TPSA) is 86.1 Å². The summed E-state index contributed by atoms with van der Waals surface area (Å²) in [5.74, 6) is 0.399. The Morgan fingerprint density at radius 3 is 2.87 bits per heavy atom. The van der Waals surface area contributed by atoms with Gasteiger partial charge in [-0.3, -0.25) is 4.79 Å². The normalized spacial score (nSPS) is 13.5. The van der Waals surface area contributed by atoms with Crippen molar-refractivity contribution < 1.29 is 14.3 Å². The van der Waals surface area contributed by atoms with E-state index in [1.807, 2.05) is 29.1 Å². The summed E-state index contributed by atoms with van der Waals surface area (Å²) in [6, 6.07) is 3.96. The Kier molecular flexibility index (Phi) is 6.55. The number of ether oxygens (including phenoxy) is 1. The van der Waals surface area contributed by atoms with E-state index in [0.717, 1.165) is 48.4 Å². The predicted octanol–water partition coefficient (Wildman–Crippen LogP) is 4.39. The average molecular weight is 463 g/mol. The molecule has 10 heteroatoms. The molecule has 1 amide bonds. The first-order valence-electron chi connectivity index (χ1n) is 9.67. The van der Waals surface area contributed by atoms with E-state index in [9.17, 15) is 9.59 Å². The fourth-order valence-electron chi connectivity index (χ4n) is 3.50. The van der Waals surface area contributed by atoms with Gasteiger partial charge in [0.05, 0.1) is 23.3 Å². The highest BCUT2D eigenvalue weighted by atomic mass is 32.2. The monoisotopic (exact) mass is 462 g/mol. The molecule has 4 rings (SSSR count). The zero-order valence-electron chi connectivity index (χ0n) is 16.8. The van der Waals surface area contributed by atoms with Gasteiger partial charge in [-0.15, -0.1) is 32.9 Å². The average Bonchev–Trinajstić information content (AvgIpc) is 3.42. The Balaban J connectivity index is 1.46. The zero-order chi connectivity index (χ0) is 21.1. The highest BCUT2D eigenvalue weighted by Gasteiger charge is 2.26. The van der Waals surface area contributed by atoms with Crippen LogP contribution in [0.3, 0.4) is 0 Å². The van der Waals surface area contributed by atoms with E-state index in [1.54, 1.807) is 11.3 Å². The van der Waals surface area contributed by atoms with Gasteiger partial charge in [0.2, 0.25) is 5.91 Å². The molecule has 3 aromatic rings. The number of amides is 1. The number of thiophene rings is 2. The first-order valence-corrected chi connectivity index (χ1v) is 12.4. The lowest BCUT2D eigenvalue weighted by Crippen LogP contribution is -2.16. The largest absolute Gasteiger partial charge is 0.465 e. The molecule has 0 saturated heterocycles. The Bertz CT molecular complexity index is 1060. The minimum absolute atomic E-state index is 0.178. The molecule has 3 aromatic heterocycles. The van der Waals surface area contributed by atoms with Gasteiger partial charge in [-0.25, -0.2) is 4.79 Å². The molecule has 1 aliphatic rings. The maximum Gasteiger partial charge on any atom is 0.341 e. The molecule has 0 bridgehead atoms. The summed E-state index contributed by atoms with van der Waals surface area (Å²) < 4.78 is 6.88. The minimum Gasteiger partial charge on any atom is -0.465 e. The number of nitrogens with one attached hydrogen (secondary N) is 1. The van der Waals surface area contributed by atoms with E-state index in [4.69, 9.17) is 4.74 Å². The second kappa shape index (κ2) is 9.32. The molecule has 3 heterocycles. The first kappa shape index (κ1) is 21.1. The third-order valence-corrected chi connectivity index (χ3v) is 8.07. The van der Waals surface area contributed by atoms with Crippen molar-refractivity contribution in [3.05, 3.63) is 33.5 Å². The molecule has 0 atom stereocenters. The molecule has 7 nitrogen and oxygen atoms in total. The van der Waals surface area contributed by atoms with Crippen molar-refractivity contribution in [1.82, 2.24) is 14.8 Å². The molecular formula is C20H22N4O3S3. The summed E-state index contributed by atoms with van der Waals surface area (Å²) in [5.41, 5.74) is 1.57. The molecule has 0 unspecified atom stereocenters. The standard InChI is InChI=1S/C20H22N4O3S3/c1-24-17(14-9-6-10-28-14)22-23-20(24)29-11-15(25)21-18-16(19(26)27-2)12-7-4-3-5-8-13(12)30-18/h6,9-10H,3-5,7-8,11H2,1-2H3,(H,21,25). The molecule has 1 aliphatic carbocycles. The van der Waals surface area contributed by atoms with Crippen molar-refractivity contribution in [3.8, 4) is 10.7 Å². The summed E-state index contributed by atoms with van der Waals surface area (Å²) in [5, 5.41) is 14.6. The number of hydrogen-bond acceptors (Lipinski definition) is 8. The summed E-state index contributed by atoms with van der Waals surface area (Å²) in [4.78, 5) is 27.3. The number of aromatic nitrogens is 3. The van der Waals surface area contributed by atoms with Crippen LogP contribution in [0.1, 0.15) is 40.1 Å². The van der Waals surface area contributed by atoms with Crippen molar-refractivity contribution in [2.24, 2.45) is 7.05 Å². The molecule has 0 fully saturated rings. The Morgan fingerprint density at radius 1 is 1.27 bits per heavy atom. The lowest BCUT2D eigenvalue weighted by Gasteiger charge is -2.07. The van der Waals surface area contributed by atoms with Gasteiger partial charge < -0.3 is 14.6 Å². The second-order valence-corrected chi connectivity index (χ2v) is 9.93. The number of nitrogens with zero attached hydrogens (tertiary/aromatic N) is 3. The highest BCUT2D eigenvalue weighted by molar-refractivity contribution is 7.99. The van der Waals surface area contributed by atoms with Crippen molar-refractivity contribution in [2.45, 2.75) is 37.3 Å². The molecule has 0 radical (unpaired) electrons. The number of esters is 1. The summed E-state index contributed by atoms with van der Waals surface area (Å²) in [6.45, 7) is 0. The third kappa shape index (κ3) is 4.30. The molecular weight excluding hydrogens is 440 g/mol. The van der Waals surface area contributed by atoms with Gasteiger partial charge in [0.1, 0.15) is 5.00 Å². The SMILES string of the molecule is COC(=O)c1c(NC(=O)CSc2nnc(-c3cccs3)n2C)sc2c1CCCCC2. The molecule has 0 aromatic carbocycles. The van der Waals surface area contributed by atoms with E-state index >= 15 is 0 Å². The number of fused-ring (bicyclic) bond motifs is 1. The van der Waals surface area contributed by atoms with Crippen LogP contribution in [0, 0.1) is 0 Å². The van der Waals surface area contributed by atoms with Crippen molar-refractivity contribution in [2.75, 3.05) is 18.2 Å². The lowest BCUT2D eigenvalue weighted by atomic mass is 10.1. The van der Waals surface area contributed by atoms with Crippen LogP contribution < -0.4 is 5.32 Å². The van der Waals surface area contributed by atoms with Crippen LogP contribution in [0.25, 0.3) is 10.7 Å². The molecule has 1 N–H and O–H groups in total. The van der Waals surface area contributed by atoms with Crippen LogP contribution in [-0.4, -0.2) is 39.5 Å². The summed E-state index contributed by atoms with van der Waals surface area (Å²) >= 11 is 4.42. The van der Waals surface area contributed by atoms with Crippen molar-refractivity contribution >= 4 is 51.3 Å². The lowest BCUT2D eigenvalue weighted by molar-refractivity contribution is -0.113. The van der Waals surface area contributed by atoms with E-state index in [2.05, 4.69) is 15.5 Å². The van der Waals surface area contributed by atoms with Gasteiger partial charge in [0.15, 0.2) is 11.0 Å². The molecule has 0 saturated carbocycles. The maximum atomic E-state index is 12.6. The van der Waals surface area contributed by atoms with Gasteiger partial charge in [-0.2, -0.15) is 0 Å². The maximum absolute atomic E-state index is 12.6. The molecule has 158 valence electrons. The predicted molar refractivity (Wildman–Crippen MR) is 121 cm³/mol. The fourth-order valence-corrected chi connectivity index (χ4v) is 6.25. The number of thioether (sulfide) groups is 1. The van der Waals surface area contributed by atoms with Crippen LogP contribution in [0.15, 0.2) is 22.7 Å². The Labute approximate surface area is 186 Å². The molecule has 0 aliphatic heterocycles. The van der Waals surface area contributed by atoms with Gasteiger partial charge in [-0.05, 0) is 42.7 Å². The summed E-state index contributed by atoms with van der Waals surface area (Å²) in [7, 11) is 3.27. The number of aryl methyl sites for hydroxylation is 1. The number of methoxy groups -OCH3 is 1. The third-order valence-electron chi connectivity index (χ3n) is 4.97. The van der Waals surface area contributed by atoms with E-state index < -0.39 is 0 Å². The first-order chi connectivity index (χ1) is 14.6. The van der Waals surface area contributed by atoms with Crippen molar-refractivity contribution in [1.29, 1.82) is 0 Å². The van der Waals surface area contributed by atoms with Crippen LogP contribution in [0.2, 0.25) is 0 Å². The number of rotatable bonds is 6.